The number of alkyl halides is 3. The number of halogens is 3. The molecule has 0 saturated carbocycles. The zero-order valence-electron chi connectivity index (χ0n) is 10.1. The molecule has 2 aromatic heterocycles. The van der Waals surface area contributed by atoms with Crippen molar-refractivity contribution in [2.45, 2.75) is 6.18 Å². The Morgan fingerprint density at radius 1 is 1.37 bits per heavy atom. The zero-order chi connectivity index (χ0) is 13.9. The summed E-state index contributed by atoms with van der Waals surface area (Å²) in [6.07, 6.45) is -1.34. The van der Waals surface area contributed by atoms with Crippen molar-refractivity contribution in [2.24, 2.45) is 7.05 Å². The molecule has 0 saturated heterocycles. The number of fused-ring (bicyclic) bond motifs is 1. The third-order valence-corrected chi connectivity index (χ3v) is 2.33. The Morgan fingerprint density at radius 3 is 2.89 bits per heavy atom. The maximum Gasteiger partial charge on any atom is 0.411 e. The Kier molecular flexibility index (Phi) is 3.84. The van der Waals surface area contributed by atoms with E-state index in [9.17, 15) is 13.2 Å². The Hall–Kier alpha value is -1.90. The van der Waals surface area contributed by atoms with Gasteiger partial charge < -0.3 is 10.1 Å². The molecule has 2 aromatic rings. The molecule has 0 spiro atoms. The Morgan fingerprint density at radius 2 is 2.16 bits per heavy atom. The minimum absolute atomic E-state index is 0.0642. The summed E-state index contributed by atoms with van der Waals surface area (Å²) in [6, 6.07) is 0. The first-order valence-electron chi connectivity index (χ1n) is 5.48. The lowest BCUT2D eigenvalue weighted by molar-refractivity contribution is -0.172. The lowest BCUT2D eigenvalue weighted by atomic mass is 10.4. The summed E-state index contributed by atoms with van der Waals surface area (Å²) in [7, 11) is 1.74. The molecule has 0 aliphatic heterocycles. The number of nitrogens with one attached hydrogen (secondary N) is 1. The molecule has 0 bridgehead atoms. The van der Waals surface area contributed by atoms with Gasteiger partial charge in [0, 0.05) is 13.6 Å². The molecule has 0 aliphatic carbocycles. The van der Waals surface area contributed by atoms with Gasteiger partial charge in [-0.1, -0.05) is 0 Å². The van der Waals surface area contributed by atoms with E-state index in [1.165, 1.54) is 6.33 Å². The van der Waals surface area contributed by atoms with Crippen LogP contribution in [0.2, 0.25) is 0 Å². The zero-order valence-corrected chi connectivity index (χ0v) is 10.1. The fourth-order valence-electron chi connectivity index (χ4n) is 1.53. The molecule has 0 unspecified atom stereocenters. The highest BCUT2D eigenvalue weighted by Crippen LogP contribution is 2.17. The number of aryl methyl sites for hydroxylation is 1. The number of ether oxygens (including phenoxy) is 1. The van der Waals surface area contributed by atoms with Gasteiger partial charge in [-0.25, -0.2) is 9.97 Å². The third-order valence-electron chi connectivity index (χ3n) is 2.33. The number of hydrogen-bond donors (Lipinski definition) is 1. The second-order valence-electron chi connectivity index (χ2n) is 3.82. The van der Waals surface area contributed by atoms with E-state index in [1.54, 1.807) is 17.9 Å². The number of anilines is 1. The summed E-state index contributed by atoms with van der Waals surface area (Å²) in [6.45, 7) is -1.09. The summed E-state index contributed by atoms with van der Waals surface area (Å²) >= 11 is 0. The van der Waals surface area contributed by atoms with E-state index >= 15 is 0 Å². The van der Waals surface area contributed by atoms with Crippen molar-refractivity contribution < 1.29 is 17.9 Å². The fraction of sp³-hybridized carbons (Fsp3) is 0.500. The van der Waals surface area contributed by atoms with Gasteiger partial charge in [-0.15, -0.1) is 0 Å². The van der Waals surface area contributed by atoms with Crippen molar-refractivity contribution in [1.82, 2.24) is 19.7 Å². The van der Waals surface area contributed by atoms with Crippen LogP contribution in [0.25, 0.3) is 11.0 Å². The van der Waals surface area contributed by atoms with Crippen molar-refractivity contribution in [3.8, 4) is 0 Å². The van der Waals surface area contributed by atoms with Gasteiger partial charge in [0.2, 0.25) is 0 Å². The Labute approximate surface area is 106 Å². The molecule has 9 heteroatoms. The molecular formula is C10H12F3N5O. The summed E-state index contributed by atoms with van der Waals surface area (Å²) < 4.78 is 41.6. The molecule has 6 nitrogen and oxygen atoms in total. The standard InChI is InChI=1S/C10H12F3N5O/c1-18-9-7(4-17-18)8(15-6-16-9)14-2-3-19-5-10(11,12)13/h4,6H,2-3,5H2,1H3,(H,14,15,16). The molecule has 104 valence electrons. The van der Waals surface area contributed by atoms with Gasteiger partial charge in [-0.3, -0.25) is 4.68 Å². The first-order valence-corrected chi connectivity index (χ1v) is 5.48. The van der Waals surface area contributed by atoms with Crippen molar-refractivity contribution in [3.63, 3.8) is 0 Å². The van der Waals surface area contributed by atoms with Crippen LogP contribution in [-0.2, 0) is 11.8 Å². The molecule has 0 aromatic carbocycles. The van der Waals surface area contributed by atoms with E-state index < -0.39 is 12.8 Å². The molecule has 1 N–H and O–H groups in total. The van der Waals surface area contributed by atoms with Crippen molar-refractivity contribution in [2.75, 3.05) is 25.1 Å². The minimum Gasteiger partial charge on any atom is -0.370 e. The van der Waals surface area contributed by atoms with Gasteiger partial charge in [0.15, 0.2) is 5.65 Å². The van der Waals surface area contributed by atoms with Gasteiger partial charge in [0.25, 0.3) is 0 Å². The number of aromatic nitrogens is 4. The van der Waals surface area contributed by atoms with Crippen molar-refractivity contribution in [1.29, 1.82) is 0 Å². The Balaban J connectivity index is 1.88. The van der Waals surface area contributed by atoms with Crippen LogP contribution in [0.15, 0.2) is 12.5 Å². The number of rotatable bonds is 5. The summed E-state index contributed by atoms with van der Waals surface area (Å²) in [5.41, 5.74) is 0.647. The normalized spacial score (nSPS) is 12.0. The highest BCUT2D eigenvalue weighted by atomic mass is 19.4. The highest BCUT2D eigenvalue weighted by Gasteiger charge is 2.27. The fourth-order valence-corrected chi connectivity index (χ4v) is 1.53. The van der Waals surface area contributed by atoms with E-state index in [0.29, 0.717) is 16.9 Å². The minimum atomic E-state index is -4.30. The number of hydrogen-bond acceptors (Lipinski definition) is 5. The van der Waals surface area contributed by atoms with Crippen LogP contribution < -0.4 is 5.32 Å². The van der Waals surface area contributed by atoms with Gasteiger partial charge in [0.05, 0.1) is 18.2 Å². The van der Waals surface area contributed by atoms with Gasteiger partial charge in [-0.05, 0) is 0 Å². The monoisotopic (exact) mass is 275 g/mol. The maximum absolute atomic E-state index is 11.8. The van der Waals surface area contributed by atoms with Crippen LogP contribution in [0, 0.1) is 0 Å². The topological polar surface area (TPSA) is 64.9 Å². The van der Waals surface area contributed by atoms with Crippen LogP contribution in [-0.4, -0.2) is 45.7 Å². The molecule has 0 fully saturated rings. The highest BCUT2D eigenvalue weighted by molar-refractivity contribution is 5.85. The van der Waals surface area contributed by atoms with Crippen LogP contribution >= 0.6 is 0 Å². The largest absolute Gasteiger partial charge is 0.411 e. The first kappa shape index (κ1) is 13.5. The lowest BCUT2D eigenvalue weighted by Crippen LogP contribution is -2.20. The quantitative estimate of drug-likeness (QED) is 0.834. The predicted molar refractivity (Wildman–Crippen MR) is 61.7 cm³/mol. The SMILES string of the molecule is Cn1ncc2c(NCCOCC(F)(F)F)ncnc21. The van der Waals surface area contributed by atoms with E-state index in [0.717, 1.165) is 0 Å². The molecule has 0 atom stereocenters. The first-order chi connectivity index (χ1) is 8.97. The molecule has 19 heavy (non-hydrogen) atoms. The maximum atomic E-state index is 11.8. The molecule has 2 rings (SSSR count). The van der Waals surface area contributed by atoms with Crippen LogP contribution in [0.1, 0.15) is 0 Å². The summed E-state index contributed by atoms with van der Waals surface area (Å²) in [4.78, 5) is 8.06. The van der Waals surface area contributed by atoms with Gasteiger partial charge in [0.1, 0.15) is 18.8 Å². The molecule has 0 amide bonds. The molecular weight excluding hydrogens is 263 g/mol. The second kappa shape index (κ2) is 5.39. The van der Waals surface area contributed by atoms with Crippen molar-refractivity contribution in [3.05, 3.63) is 12.5 Å². The molecule has 0 radical (unpaired) electrons. The molecule has 2 heterocycles. The summed E-state index contributed by atoms with van der Waals surface area (Å²) in [5.74, 6) is 0.522. The number of nitrogens with zero attached hydrogens (tertiary/aromatic N) is 4. The predicted octanol–water partition coefficient (Wildman–Crippen LogP) is 1.35. The van der Waals surface area contributed by atoms with Crippen LogP contribution in [0.3, 0.4) is 0 Å². The third kappa shape index (κ3) is 3.53. The van der Waals surface area contributed by atoms with E-state index in [4.69, 9.17) is 0 Å². The van der Waals surface area contributed by atoms with Crippen LogP contribution in [0.4, 0.5) is 19.0 Å². The Bertz CT molecular complexity index is 554. The van der Waals surface area contributed by atoms with Gasteiger partial charge in [-0.2, -0.15) is 18.3 Å². The van der Waals surface area contributed by atoms with E-state index in [1.807, 2.05) is 0 Å². The van der Waals surface area contributed by atoms with E-state index in [-0.39, 0.29) is 13.2 Å². The van der Waals surface area contributed by atoms with Crippen molar-refractivity contribution >= 4 is 16.9 Å². The second-order valence-corrected chi connectivity index (χ2v) is 3.82. The lowest BCUT2D eigenvalue weighted by Gasteiger charge is -2.09. The van der Waals surface area contributed by atoms with E-state index in [2.05, 4.69) is 25.1 Å². The smallest absolute Gasteiger partial charge is 0.370 e. The van der Waals surface area contributed by atoms with Crippen LogP contribution in [0.5, 0.6) is 0 Å². The summed E-state index contributed by atoms with van der Waals surface area (Å²) in [5, 5.41) is 7.63. The molecule has 0 aliphatic rings. The average molecular weight is 275 g/mol. The van der Waals surface area contributed by atoms with Gasteiger partial charge >= 0.3 is 6.18 Å². The average Bonchev–Trinajstić information content (AvgIpc) is 2.70.